The maximum absolute atomic E-state index is 11.9. The van der Waals surface area contributed by atoms with Crippen molar-refractivity contribution in [1.82, 2.24) is 10.2 Å². The smallest absolute Gasteiger partial charge is 0.318 e. The molecule has 1 rings (SSSR count). The largest absolute Gasteiger partial charge is 0.366 e. The van der Waals surface area contributed by atoms with E-state index in [1.54, 1.807) is 17.0 Å². The van der Waals surface area contributed by atoms with Crippen molar-refractivity contribution in [1.29, 1.82) is 0 Å². The Kier molecular flexibility index (Phi) is 7.37. The van der Waals surface area contributed by atoms with Crippen molar-refractivity contribution in [3.05, 3.63) is 29.8 Å². The highest BCUT2D eigenvalue weighted by atomic mass is 16.2. The summed E-state index contributed by atoms with van der Waals surface area (Å²) in [6.45, 7) is 2.68. The predicted octanol–water partition coefficient (Wildman–Crippen LogP) is -0.369. The van der Waals surface area contributed by atoms with Gasteiger partial charge < -0.3 is 16.8 Å². The van der Waals surface area contributed by atoms with Crippen molar-refractivity contribution in [2.75, 3.05) is 25.0 Å². The van der Waals surface area contributed by atoms with E-state index in [9.17, 15) is 19.2 Å². The molecular weight excluding hydrogens is 314 g/mol. The van der Waals surface area contributed by atoms with Gasteiger partial charge in [0.25, 0.3) is 0 Å². The molecule has 130 valence electrons. The normalized spacial score (nSPS) is 10.2. The molecule has 0 fully saturated rings. The van der Waals surface area contributed by atoms with E-state index in [1.807, 2.05) is 12.2 Å². The van der Waals surface area contributed by atoms with Crippen LogP contribution in [0.5, 0.6) is 0 Å². The van der Waals surface area contributed by atoms with Gasteiger partial charge in [0.1, 0.15) is 0 Å². The molecule has 0 saturated carbocycles. The second kappa shape index (κ2) is 9.26. The molecule has 0 aliphatic heterocycles. The number of amides is 5. The number of nitrogens with two attached hydrogens (primary N) is 2. The van der Waals surface area contributed by atoms with Crippen LogP contribution in [0.2, 0.25) is 0 Å². The van der Waals surface area contributed by atoms with E-state index < -0.39 is 17.8 Å². The predicted molar refractivity (Wildman–Crippen MR) is 88.0 cm³/mol. The second-order valence-corrected chi connectivity index (χ2v) is 5.02. The summed E-state index contributed by atoms with van der Waals surface area (Å²) in [6.07, 6.45) is 0.162. The fourth-order valence-corrected chi connectivity index (χ4v) is 1.93. The van der Waals surface area contributed by atoms with Crippen LogP contribution in [0, 0.1) is 0 Å². The molecule has 0 spiro atoms. The molecule has 6 N–H and O–H groups in total. The van der Waals surface area contributed by atoms with Crippen LogP contribution in [0.4, 0.5) is 10.5 Å². The molecule has 0 unspecified atom stereocenters. The topological polar surface area (TPSA) is 148 Å². The summed E-state index contributed by atoms with van der Waals surface area (Å²) >= 11 is 0. The van der Waals surface area contributed by atoms with Gasteiger partial charge in [0.05, 0.1) is 6.54 Å². The molecule has 5 amide bonds. The van der Waals surface area contributed by atoms with Crippen LogP contribution in [-0.2, 0) is 9.59 Å². The lowest BCUT2D eigenvalue weighted by Crippen LogP contribution is -2.42. The van der Waals surface area contributed by atoms with E-state index >= 15 is 0 Å². The van der Waals surface area contributed by atoms with Gasteiger partial charge in [-0.05, 0) is 30.8 Å². The summed E-state index contributed by atoms with van der Waals surface area (Å²) in [5.41, 5.74) is 10.9. The number of likely N-dealkylation sites (N-methyl/N-ethyl adjacent to an activating group) is 1. The van der Waals surface area contributed by atoms with Crippen LogP contribution in [-0.4, -0.2) is 48.3 Å². The number of hydrogen-bond acceptors (Lipinski definition) is 5. The highest BCUT2D eigenvalue weighted by Crippen LogP contribution is 2.09. The number of imide groups is 1. The minimum Gasteiger partial charge on any atom is -0.366 e. The highest BCUT2D eigenvalue weighted by Gasteiger charge is 2.12. The summed E-state index contributed by atoms with van der Waals surface area (Å²) in [5, 5.41) is 4.65. The van der Waals surface area contributed by atoms with Crippen LogP contribution >= 0.6 is 0 Å². The average molecular weight is 335 g/mol. The van der Waals surface area contributed by atoms with Crippen LogP contribution in [0.3, 0.4) is 0 Å². The maximum atomic E-state index is 11.9. The van der Waals surface area contributed by atoms with Crippen molar-refractivity contribution in [2.45, 2.75) is 13.3 Å². The number of carbonyl (C=O) groups is 4. The molecule has 0 atom stereocenters. The molecule has 0 heterocycles. The Hall–Kier alpha value is -2.94. The van der Waals surface area contributed by atoms with Gasteiger partial charge in [0, 0.05) is 24.2 Å². The maximum Gasteiger partial charge on any atom is 0.318 e. The molecule has 0 aliphatic rings. The van der Waals surface area contributed by atoms with Crippen molar-refractivity contribution < 1.29 is 19.2 Å². The molecule has 1 aromatic rings. The molecule has 0 saturated heterocycles. The van der Waals surface area contributed by atoms with Crippen molar-refractivity contribution in [3.63, 3.8) is 0 Å². The molecule has 9 nitrogen and oxygen atoms in total. The van der Waals surface area contributed by atoms with Gasteiger partial charge in [-0.2, -0.15) is 0 Å². The first-order valence-corrected chi connectivity index (χ1v) is 7.33. The van der Waals surface area contributed by atoms with Gasteiger partial charge in [0.2, 0.25) is 17.7 Å². The Balaban J connectivity index is 2.44. The molecule has 24 heavy (non-hydrogen) atoms. The molecule has 0 aromatic heterocycles. The van der Waals surface area contributed by atoms with Crippen LogP contribution in [0.1, 0.15) is 23.7 Å². The van der Waals surface area contributed by atoms with Gasteiger partial charge in [-0.15, -0.1) is 0 Å². The number of nitrogens with zero attached hydrogens (tertiary/aromatic N) is 1. The van der Waals surface area contributed by atoms with E-state index in [-0.39, 0.29) is 18.9 Å². The molecule has 0 radical (unpaired) electrons. The highest BCUT2D eigenvalue weighted by molar-refractivity contribution is 5.95. The molecular formula is C15H21N5O4. The standard InChI is InChI=1S/C15H21N5O4/c1-2-20(9-13(22)19-15(17)24)8-7-12(21)18-11-5-3-10(4-6-11)14(16)23/h3-6H,2,7-9H2,1H3,(H2,16,23)(H,18,21)(H3,17,19,22,24). The summed E-state index contributed by atoms with van der Waals surface area (Å²) in [7, 11) is 0. The van der Waals surface area contributed by atoms with Gasteiger partial charge in [-0.3, -0.25) is 24.6 Å². The minimum absolute atomic E-state index is 0.0277. The zero-order valence-corrected chi connectivity index (χ0v) is 13.4. The quantitative estimate of drug-likeness (QED) is 0.511. The van der Waals surface area contributed by atoms with Crippen LogP contribution in [0.15, 0.2) is 24.3 Å². The van der Waals surface area contributed by atoms with Crippen LogP contribution < -0.4 is 22.1 Å². The first-order valence-electron chi connectivity index (χ1n) is 7.33. The van der Waals surface area contributed by atoms with E-state index in [4.69, 9.17) is 11.5 Å². The number of primary amides is 2. The number of hydrogen-bond donors (Lipinski definition) is 4. The van der Waals surface area contributed by atoms with E-state index in [0.717, 1.165) is 0 Å². The third-order valence-electron chi connectivity index (χ3n) is 3.19. The summed E-state index contributed by atoms with van der Waals surface area (Å²) in [5.74, 6) is -1.30. The van der Waals surface area contributed by atoms with Gasteiger partial charge in [-0.25, -0.2) is 4.79 Å². The summed E-state index contributed by atoms with van der Waals surface area (Å²) in [4.78, 5) is 46.6. The Bertz CT molecular complexity index is 615. The van der Waals surface area contributed by atoms with E-state index in [2.05, 4.69) is 5.32 Å². The minimum atomic E-state index is -0.909. The Morgan fingerprint density at radius 2 is 1.67 bits per heavy atom. The summed E-state index contributed by atoms with van der Waals surface area (Å²) in [6, 6.07) is 5.29. The Labute approximate surface area is 139 Å². The van der Waals surface area contributed by atoms with Crippen LogP contribution in [0.25, 0.3) is 0 Å². The third kappa shape index (κ3) is 6.88. The number of nitrogens with one attached hydrogen (secondary N) is 2. The number of anilines is 1. The lowest BCUT2D eigenvalue weighted by Gasteiger charge is -2.19. The van der Waals surface area contributed by atoms with Crippen molar-refractivity contribution in [2.24, 2.45) is 11.5 Å². The number of benzene rings is 1. The molecule has 1 aromatic carbocycles. The lowest BCUT2D eigenvalue weighted by atomic mass is 10.2. The number of rotatable bonds is 8. The molecule has 0 aliphatic carbocycles. The average Bonchev–Trinajstić information content (AvgIpc) is 2.51. The van der Waals surface area contributed by atoms with Gasteiger partial charge >= 0.3 is 6.03 Å². The lowest BCUT2D eigenvalue weighted by molar-refractivity contribution is -0.122. The first kappa shape index (κ1) is 19.1. The summed E-state index contributed by atoms with van der Waals surface area (Å²) < 4.78 is 0. The monoisotopic (exact) mass is 335 g/mol. The van der Waals surface area contributed by atoms with E-state index in [1.165, 1.54) is 12.1 Å². The fraction of sp³-hybridized carbons (Fsp3) is 0.333. The van der Waals surface area contributed by atoms with Crippen molar-refractivity contribution in [3.8, 4) is 0 Å². The van der Waals surface area contributed by atoms with Crippen molar-refractivity contribution >= 4 is 29.4 Å². The van der Waals surface area contributed by atoms with Gasteiger partial charge in [-0.1, -0.05) is 6.92 Å². The first-order chi connectivity index (χ1) is 11.3. The fourth-order valence-electron chi connectivity index (χ4n) is 1.93. The van der Waals surface area contributed by atoms with Gasteiger partial charge in [0.15, 0.2) is 0 Å². The zero-order chi connectivity index (χ0) is 18.1. The third-order valence-corrected chi connectivity index (χ3v) is 3.19. The number of urea groups is 1. The molecule has 0 bridgehead atoms. The SMILES string of the molecule is CCN(CCC(=O)Nc1ccc(C(N)=O)cc1)CC(=O)NC(N)=O. The second-order valence-electron chi connectivity index (χ2n) is 5.02. The molecule has 9 heteroatoms. The number of carbonyl (C=O) groups excluding carboxylic acids is 4. The Morgan fingerprint density at radius 3 is 2.17 bits per heavy atom. The zero-order valence-electron chi connectivity index (χ0n) is 13.4. The van der Waals surface area contributed by atoms with E-state index in [0.29, 0.717) is 24.3 Å². The Morgan fingerprint density at radius 1 is 1.04 bits per heavy atom.